The molecule has 1 aromatic rings. The van der Waals surface area contributed by atoms with Gasteiger partial charge in [0.15, 0.2) is 0 Å². The van der Waals surface area contributed by atoms with Crippen molar-refractivity contribution in [2.45, 2.75) is 6.42 Å². The van der Waals surface area contributed by atoms with Crippen LogP contribution in [0.4, 0.5) is 0 Å². The Morgan fingerprint density at radius 1 is 1.04 bits per heavy atom. The van der Waals surface area contributed by atoms with Crippen molar-refractivity contribution >= 4 is 18.0 Å². The summed E-state index contributed by atoms with van der Waals surface area (Å²) in [5.74, 6) is 2.06. The van der Waals surface area contributed by atoms with Gasteiger partial charge in [0.05, 0.1) is 32.3 Å². The van der Waals surface area contributed by atoms with Gasteiger partial charge in [-0.05, 0) is 48.3 Å². The summed E-state index contributed by atoms with van der Waals surface area (Å²) in [6.45, 7) is 0. The Kier molecular flexibility index (Phi) is 3.26. The zero-order valence-corrected chi connectivity index (χ0v) is 14.7. The highest BCUT2D eigenvalue weighted by Crippen LogP contribution is 2.65. The minimum absolute atomic E-state index is 0.164. The van der Waals surface area contributed by atoms with Crippen molar-refractivity contribution in [1.82, 2.24) is 5.01 Å². The first-order valence-electron chi connectivity index (χ1n) is 8.96. The number of hydrogen-bond donors (Lipinski definition) is 0. The molecule has 4 aliphatic carbocycles. The lowest BCUT2D eigenvalue weighted by molar-refractivity contribution is -0.140. The fourth-order valence-corrected chi connectivity index (χ4v) is 5.12. The largest absolute Gasteiger partial charge is 0.497 e. The average Bonchev–Trinajstić information content (AvgIpc) is 3.45. The van der Waals surface area contributed by atoms with Crippen molar-refractivity contribution in [3.63, 3.8) is 0 Å². The maximum atomic E-state index is 12.9. The topological polar surface area (TPSA) is 68.2 Å². The van der Waals surface area contributed by atoms with E-state index in [-0.39, 0.29) is 35.5 Å². The van der Waals surface area contributed by atoms with E-state index in [0.29, 0.717) is 28.9 Å². The summed E-state index contributed by atoms with van der Waals surface area (Å²) < 4.78 is 10.6. The third-order valence-corrected chi connectivity index (χ3v) is 6.39. The van der Waals surface area contributed by atoms with E-state index in [1.807, 2.05) is 0 Å². The second-order valence-electron chi connectivity index (χ2n) is 7.50. The molecule has 2 bridgehead atoms. The normalized spacial score (nSPS) is 36.5. The van der Waals surface area contributed by atoms with Gasteiger partial charge in [-0.25, -0.2) is 0 Å². The van der Waals surface area contributed by atoms with Gasteiger partial charge < -0.3 is 9.47 Å². The molecule has 6 atom stereocenters. The number of allylic oxidation sites excluding steroid dienone is 2. The van der Waals surface area contributed by atoms with Gasteiger partial charge in [-0.2, -0.15) is 10.1 Å². The second kappa shape index (κ2) is 5.43. The molecular weight excluding hydrogens is 332 g/mol. The molecule has 3 fully saturated rings. The van der Waals surface area contributed by atoms with Crippen molar-refractivity contribution in [2.24, 2.45) is 40.6 Å². The van der Waals surface area contributed by atoms with E-state index in [0.717, 1.165) is 11.4 Å². The van der Waals surface area contributed by atoms with Crippen LogP contribution in [0.1, 0.15) is 12.0 Å². The van der Waals surface area contributed by atoms with Crippen molar-refractivity contribution in [3.05, 3.63) is 35.9 Å². The van der Waals surface area contributed by atoms with Crippen LogP contribution >= 0.6 is 0 Å². The number of hydrogen-bond acceptors (Lipinski definition) is 5. The minimum Gasteiger partial charge on any atom is -0.497 e. The number of amides is 2. The third kappa shape index (κ3) is 2.01. The molecule has 0 radical (unpaired) electrons. The van der Waals surface area contributed by atoms with Crippen molar-refractivity contribution in [2.75, 3.05) is 14.2 Å². The Hall–Kier alpha value is -2.63. The Morgan fingerprint density at radius 3 is 2.27 bits per heavy atom. The first kappa shape index (κ1) is 15.6. The van der Waals surface area contributed by atoms with Crippen molar-refractivity contribution in [3.8, 4) is 11.5 Å². The third-order valence-electron chi connectivity index (χ3n) is 6.39. The van der Waals surface area contributed by atoms with E-state index in [9.17, 15) is 9.59 Å². The number of hydrazone groups is 1. The van der Waals surface area contributed by atoms with Crippen LogP contribution in [0.3, 0.4) is 0 Å². The Morgan fingerprint density at radius 2 is 1.69 bits per heavy atom. The molecule has 0 unspecified atom stereocenters. The molecule has 6 rings (SSSR count). The zero-order chi connectivity index (χ0) is 18.0. The van der Waals surface area contributed by atoms with E-state index in [1.165, 1.54) is 6.21 Å². The number of rotatable bonds is 4. The molecule has 2 saturated carbocycles. The van der Waals surface area contributed by atoms with Crippen LogP contribution in [-0.2, 0) is 9.59 Å². The molecule has 0 N–H and O–H groups in total. The summed E-state index contributed by atoms with van der Waals surface area (Å²) in [6.07, 6.45) is 6.97. The van der Waals surface area contributed by atoms with E-state index < -0.39 is 0 Å². The van der Waals surface area contributed by atoms with E-state index >= 15 is 0 Å². The second-order valence-corrected chi connectivity index (χ2v) is 7.50. The molecular formula is C20H20N2O4. The first-order chi connectivity index (χ1) is 12.6. The molecule has 134 valence electrons. The molecule has 0 aromatic heterocycles. The lowest BCUT2D eigenvalue weighted by Gasteiger charge is -2.37. The molecule has 1 saturated heterocycles. The smallest absolute Gasteiger partial charge is 0.254 e. The van der Waals surface area contributed by atoms with Crippen LogP contribution in [0.2, 0.25) is 0 Å². The summed E-state index contributed by atoms with van der Waals surface area (Å²) in [6, 6.07) is 5.32. The van der Waals surface area contributed by atoms with Gasteiger partial charge in [-0.15, -0.1) is 0 Å². The molecule has 1 aliphatic heterocycles. The van der Waals surface area contributed by atoms with Gasteiger partial charge in [0.2, 0.25) is 0 Å². The highest BCUT2D eigenvalue weighted by molar-refractivity contribution is 6.06. The van der Waals surface area contributed by atoms with Crippen LogP contribution in [0.25, 0.3) is 0 Å². The predicted molar refractivity (Wildman–Crippen MR) is 93.7 cm³/mol. The molecule has 1 heterocycles. The fourth-order valence-electron chi connectivity index (χ4n) is 5.12. The lowest BCUT2D eigenvalue weighted by atomic mass is 9.63. The Labute approximate surface area is 151 Å². The lowest BCUT2D eigenvalue weighted by Crippen LogP contribution is -2.40. The fraction of sp³-hybridized carbons (Fsp3) is 0.450. The van der Waals surface area contributed by atoms with Gasteiger partial charge in [0.1, 0.15) is 11.5 Å². The molecule has 26 heavy (non-hydrogen) atoms. The maximum absolute atomic E-state index is 12.9. The summed E-state index contributed by atoms with van der Waals surface area (Å²) in [5, 5.41) is 5.32. The van der Waals surface area contributed by atoms with E-state index in [2.05, 4.69) is 17.3 Å². The monoisotopic (exact) mass is 352 g/mol. The van der Waals surface area contributed by atoms with Crippen LogP contribution in [0, 0.1) is 35.5 Å². The number of carbonyl (C=O) groups is 2. The maximum Gasteiger partial charge on any atom is 0.254 e. The van der Waals surface area contributed by atoms with Crippen molar-refractivity contribution in [1.29, 1.82) is 0 Å². The van der Waals surface area contributed by atoms with E-state index in [1.54, 1.807) is 32.4 Å². The van der Waals surface area contributed by atoms with Crippen LogP contribution in [-0.4, -0.2) is 37.3 Å². The molecule has 2 amide bonds. The molecule has 1 aromatic carbocycles. The van der Waals surface area contributed by atoms with Gasteiger partial charge in [0, 0.05) is 5.56 Å². The minimum atomic E-state index is -0.231. The highest BCUT2D eigenvalue weighted by atomic mass is 16.5. The quantitative estimate of drug-likeness (QED) is 0.473. The molecule has 5 aliphatic rings. The number of benzene rings is 1. The van der Waals surface area contributed by atoms with Crippen LogP contribution in [0.15, 0.2) is 35.5 Å². The number of ether oxygens (including phenoxy) is 2. The summed E-state index contributed by atoms with van der Waals surface area (Å²) in [5.41, 5.74) is 0.659. The predicted octanol–water partition coefficient (Wildman–Crippen LogP) is 2.09. The number of methoxy groups -OCH3 is 2. The van der Waals surface area contributed by atoms with Gasteiger partial charge >= 0.3 is 0 Å². The molecule has 0 spiro atoms. The SMILES string of the molecule is COc1ccc(OC)c(/C=N\N2C(=O)[C@@H]3[C@H]4C=C[C@@H]([C@@H]5C[C@@H]45)[C@H]3C2=O)c1. The molecule has 6 heteroatoms. The highest BCUT2D eigenvalue weighted by Gasteiger charge is 2.67. The number of imide groups is 1. The average molecular weight is 352 g/mol. The Bertz CT molecular complexity index is 825. The van der Waals surface area contributed by atoms with Gasteiger partial charge in [-0.1, -0.05) is 12.2 Å². The number of nitrogens with zero attached hydrogens (tertiary/aromatic N) is 2. The van der Waals surface area contributed by atoms with Crippen LogP contribution in [0.5, 0.6) is 11.5 Å². The van der Waals surface area contributed by atoms with Gasteiger partial charge in [-0.3, -0.25) is 9.59 Å². The summed E-state index contributed by atoms with van der Waals surface area (Å²) in [7, 11) is 3.14. The Balaban J connectivity index is 1.45. The molecule has 6 nitrogen and oxygen atoms in total. The first-order valence-corrected chi connectivity index (χ1v) is 8.96. The zero-order valence-electron chi connectivity index (χ0n) is 14.7. The number of carbonyl (C=O) groups excluding carboxylic acids is 2. The summed E-state index contributed by atoms with van der Waals surface area (Å²) in [4.78, 5) is 25.8. The van der Waals surface area contributed by atoms with Crippen molar-refractivity contribution < 1.29 is 19.1 Å². The summed E-state index contributed by atoms with van der Waals surface area (Å²) >= 11 is 0. The standard InChI is InChI=1S/C20H20N2O4/c1-25-11-3-6-16(26-2)10(7-11)9-21-22-19(23)17-12-4-5-13(15-8-14(12)15)18(17)20(22)24/h3-7,9,12-15,17-18H,8H2,1-2H3/b21-9-/t12-,13-,14-,15-,17+,18+/m0/s1. The van der Waals surface area contributed by atoms with E-state index in [4.69, 9.17) is 9.47 Å². The van der Waals surface area contributed by atoms with Gasteiger partial charge in [0.25, 0.3) is 11.8 Å². The van der Waals surface area contributed by atoms with Crippen LogP contribution < -0.4 is 9.47 Å².